The fourth-order valence-electron chi connectivity index (χ4n) is 3.31. The second-order valence-electron chi connectivity index (χ2n) is 6.29. The monoisotopic (exact) mass is 294 g/mol. The van der Waals surface area contributed by atoms with Crippen LogP contribution in [0.5, 0.6) is 0 Å². The van der Waals surface area contributed by atoms with Gasteiger partial charge in [-0.25, -0.2) is 4.98 Å². The molecule has 0 amide bonds. The van der Waals surface area contributed by atoms with Crippen LogP contribution in [0.2, 0.25) is 0 Å². The predicted molar refractivity (Wildman–Crippen MR) is 88.6 cm³/mol. The summed E-state index contributed by atoms with van der Waals surface area (Å²) in [6.45, 7) is 7.59. The largest absolute Gasteiger partial charge is 0.314 e. The van der Waals surface area contributed by atoms with Crippen molar-refractivity contribution in [2.45, 2.75) is 78.2 Å². The first-order valence-electron chi connectivity index (χ1n) is 8.35. The Labute approximate surface area is 128 Å². The zero-order valence-corrected chi connectivity index (χ0v) is 14.2. The average Bonchev–Trinajstić information content (AvgIpc) is 2.76. The second kappa shape index (κ2) is 8.14. The van der Waals surface area contributed by atoms with E-state index in [1.807, 2.05) is 11.3 Å². The maximum absolute atomic E-state index is 4.71. The Morgan fingerprint density at radius 1 is 1.25 bits per heavy atom. The lowest BCUT2D eigenvalue weighted by atomic mass is 9.85. The van der Waals surface area contributed by atoms with Gasteiger partial charge in [-0.3, -0.25) is 0 Å². The van der Waals surface area contributed by atoms with Crippen molar-refractivity contribution in [1.29, 1.82) is 0 Å². The Morgan fingerprint density at radius 3 is 2.60 bits per heavy atom. The van der Waals surface area contributed by atoms with Crippen LogP contribution >= 0.6 is 11.3 Å². The summed E-state index contributed by atoms with van der Waals surface area (Å²) in [5.41, 5.74) is 1.22. The Balaban J connectivity index is 1.82. The van der Waals surface area contributed by atoms with Crippen LogP contribution in [0.4, 0.5) is 0 Å². The Bertz CT molecular complexity index is 374. The molecule has 20 heavy (non-hydrogen) atoms. The van der Waals surface area contributed by atoms with E-state index in [-0.39, 0.29) is 0 Å². The average molecular weight is 295 g/mol. The van der Waals surface area contributed by atoms with E-state index in [9.17, 15) is 0 Å². The Morgan fingerprint density at radius 2 is 2.00 bits per heavy atom. The number of nitrogens with one attached hydrogen (secondary N) is 1. The van der Waals surface area contributed by atoms with Gasteiger partial charge < -0.3 is 5.32 Å². The molecule has 3 heteroatoms. The smallest absolute Gasteiger partial charge is 0.0946 e. The molecule has 0 aliphatic heterocycles. The third-order valence-corrected chi connectivity index (χ3v) is 5.73. The molecule has 1 unspecified atom stereocenters. The van der Waals surface area contributed by atoms with Crippen LogP contribution in [0, 0.1) is 19.8 Å². The van der Waals surface area contributed by atoms with Gasteiger partial charge in [0.2, 0.25) is 0 Å². The number of nitrogens with zero attached hydrogens (tertiary/aromatic N) is 1. The molecule has 114 valence electrons. The summed E-state index contributed by atoms with van der Waals surface area (Å²) >= 11 is 1.88. The highest BCUT2D eigenvalue weighted by Crippen LogP contribution is 2.28. The van der Waals surface area contributed by atoms with Crippen molar-refractivity contribution in [3.63, 3.8) is 0 Å². The van der Waals surface area contributed by atoms with Gasteiger partial charge >= 0.3 is 0 Å². The summed E-state index contributed by atoms with van der Waals surface area (Å²) in [4.78, 5) is 6.08. The summed E-state index contributed by atoms with van der Waals surface area (Å²) in [5.74, 6) is 0.990. The van der Waals surface area contributed by atoms with E-state index in [1.165, 1.54) is 60.5 Å². The third-order valence-electron chi connectivity index (χ3n) is 4.63. The van der Waals surface area contributed by atoms with E-state index in [0.717, 1.165) is 18.9 Å². The molecule has 1 aliphatic rings. The molecule has 0 saturated heterocycles. The number of aryl methyl sites for hydroxylation is 2. The highest BCUT2D eigenvalue weighted by atomic mass is 32.1. The quantitative estimate of drug-likeness (QED) is 0.792. The fraction of sp³-hybridized carbons (Fsp3) is 0.824. The van der Waals surface area contributed by atoms with Gasteiger partial charge in [0.15, 0.2) is 0 Å². The third kappa shape index (κ3) is 4.85. The standard InChI is InChI=1S/C17H30N2S/c1-4-18-16(11-10-15-8-6-5-7-9-15)12-17-19-13(2)14(3)20-17/h15-16,18H,4-12H2,1-3H3. The first kappa shape index (κ1) is 16.0. The van der Waals surface area contributed by atoms with Gasteiger partial charge in [0, 0.05) is 17.3 Å². The number of likely N-dealkylation sites (N-methyl/N-ethyl adjacent to an activating group) is 1. The summed E-state index contributed by atoms with van der Waals surface area (Å²) < 4.78 is 0. The lowest BCUT2D eigenvalue weighted by Gasteiger charge is -2.24. The topological polar surface area (TPSA) is 24.9 Å². The van der Waals surface area contributed by atoms with Crippen LogP contribution in [0.15, 0.2) is 0 Å². The lowest BCUT2D eigenvalue weighted by Crippen LogP contribution is -2.31. The van der Waals surface area contributed by atoms with Crippen molar-refractivity contribution < 1.29 is 0 Å². The minimum Gasteiger partial charge on any atom is -0.314 e. The normalized spacial score (nSPS) is 18.4. The number of hydrogen-bond donors (Lipinski definition) is 1. The maximum Gasteiger partial charge on any atom is 0.0946 e. The van der Waals surface area contributed by atoms with Crippen molar-refractivity contribution in [3.05, 3.63) is 15.6 Å². The summed E-state index contributed by atoms with van der Waals surface area (Å²) in [6.07, 6.45) is 11.1. The number of thiazole rings is 1. The van der Waals surface area contributed by atoms with Crippen LogP contribution in [-0.4, -0.2) is 17.6 Å². The van der Waals surface area contributed by atoms with Crippen LogP contribution < -0.4 is 5.32 Å². The molecule has 1 fully saturated rings. The zero-order valence-electron chi connectivity index (χ0n) is 13.4. The summed E-state index contributed by atoms with van der Waals surface area (Å²) in [7, 11) is 0. The first-order chi connectivity index (χ1) is 9.69. The first-order valence-corrected chi connectivity index (χ1v) is 9.17. The van der Waals surface area contributed by atoms with Crippen molar-refractivity contribution in [1.82, 2.24) is 10.3 Å². The van der Waals surface area contributed by atoms with Crippen molar-refractivity contribution >= 4 is 11.3 Å². The fourth-order valence-corrected chi connectivity index (χ4v) is 4.33. The molecule has 1 aliphatic carbocycles. The molecule has 1 saturated carbocycles. The molecule has 1 heterocycles. The molecule has 0 radical (unpaired) electrons. The molecule has 1 atom stereocenters. The highest BCUT2D eigenvalue weighted by Gasteiger charge is 2.17. The second-order valence-corrected chi connectivity index (χ2v) is 7.58. The van der Waals surface area contributed by atoms with Gasteiger partial charge in [0.05, 0.1) is 10.7 Å². The van der Waals surface area contributed by atoms with E-state index in [2.05, 4.69) is 26.1 Å². The van der Waals surface area contributed by atoms with Crippen LogP contribution in [-0.2, 0) is 6.42 Å². The van der Waals surface area contributed by atoms with Crippen molar-refractivity contribution in [2.24, 2.45) is 5.92 Å². The predicted octanol–water partition coefficient (Wildman–Crippen LogP) is 4.64. The lowest BCUT2D eigenvalue weighted by molar-refractivity contribution is 0.313. The highest BCUT2D eigenvalue weighted by molar-refractivity contribution is 7.11. The van der Waals surface area contributed by atoms with E-state index < -0.39 is 0 Å². The van der Waals surface area contributed by atoms with Crippen molar-refractivity contribution in [2.75, 3.05) is 6.54 Å². The van der Waals surface area contributed by atoms with Gasteiger partial charge in [-0.05, 0) is 39.2 Å². The van der Waals surface area contributed by atoms with Crippen LogP contribution in [0.25, 0.3) is 0 Å². The van der Waals surface area contributed by atoms with E-state index in [1.54, 1.807) is 0 Å². The van der Waals surface area contributed by atoms with Crippen molar-refractivity contribution in [3.8, 4) is 0 Å². The van der Waals surface area contributed by atoms with Gasteiger partial charge in [0.1, 0.15) is 0 Å². The van der Waals surface area contributed by atoms with E-state index in [0.29, 0.717) is 6.04 Å². The Kier molecular flexibility index (Phi) is 6.50. The number of rotatable bonds is 7. The SMILES string of the molecule is CCNC(CCC1CCCCC1)Cc1nc(C)c(C)s1. The molecule has 2 nitrogen and oxygen atoms in total. The van der Waals surface area contributed by atoms with Gasteiger partial charge in [0.25, 0.3) is 0 Å². The molecule has 1 N–H and O–H groups in total. The van der Waals surface area contributed by atoms with E-state index >= 15 is 0 Å². The van der Waals surface area contributed by atoms with Gasteiger partial charge in [-0.2, -0.15) is 0 Å². The van der Waals surface area contributed by atoms with Gasteiger partial charge in [-0.1, -0.05) is 39.0 Å². The molecule has 1 aromatic heterocycles. The minimum atomic E-state index is 0.617. The van der Waals surface area contributed by atoms with E-state index in [4.69, 9.17) is 4.98 Å². The Hall–Kier alpha value is -0.410. The molecule has 0 bridgehead atoms. The zero-order chi connectivity index (χ0) is 14.4. The van der Waals surface area contributed by atoms with Crippen LogP contribution in [0.1, 0.15) is 67.4 Å². The molecule has 0 aromatic carbocycles. The molecule has 0 spiro atoms. The van der Waals surface area contributed by atoms with Crippen LogP contribution in [0.3, 0.4) is 0 Å². The van der Waals surface area contributed by atoms with Gasteiger partial charge in [-0.15, -0.1) is 11.3 Å². The summed E-state index contributed by atoms with van der Waals surface area (Å²) in [5, 5.41) is 4.98. The molecule has 1 aromatic rings. The minimum absolute atomic E-state index is 0.617. The number of aromatic nitrogens is 1. The molecular weight excluding hydrogens is 264 g/mol. The summed E-state index contributed by atoms with van der Waals surface area (Å²) in [6, 6.07) is 0.617. The number of hydrogen-bond acceptors (Lipinski definition) is 3. The maximum atomic E-state index is 4.71. The molecule has 2 rings (SSSR count). The molecular formula is C17H30N2S.